The predicted octanol–water partition coefficient (Wildman–Crippen LogP) is 27.6. The molecular weight excluding hydrogens is 1220 g/mol. The highest BCUT2D eigenvalue weighted by Gasteiger charge is 2.38. The summed E-state index contributed by atoms with van der Waals surface area (Å²) >= 11 is 1.86. The van der Waals surface area contributed by atoms with Gasteiger partial charge in [-0.05, 0) is 224 Å². The van der Waals surface area contributed by atoms with Crippen LogP contribution in [0.1, 0.15) is 25.0 Å². The van der Waals surface area contributed by atoms with E-state index in [0.717, 1.165) is 61.6 Å². The Balaban J connectivity index is 0.666. The van der Waals surface area contributed by atoms with Crippen molar-refractivity contribution in [3.05, 3.63) is 351 Å². The van der Waals surface area contributed by atoms with E-state index in [-0.39, 0.29) is 5.41 Å². The molecule has 0 radical (unpaired) electrons. The molecule has 0 bridgehead atoms. The Bertz CT molecular complexity index is 6510. The standard InChI is InChI=1S/C95H62N2OS/c1-95(2)89-50-43-63(55-86(89)84-38-18-35-74(94(84)95)60-41-44-64(45-42-60)96(68-47-51-91-87(57-68)82-30-9-11-39-90(82)98-91)65-23-13-21-61(53-65)71-32-15-20-59-19-3-4-25-70(59)71)73-34-17-36-75-72(33-16-37-76(73)75)62-22-14-24-66(54-62)97(69-48-52-93-88(58-69)83-31-10-12-40-92(83)99-93)67-46-49-81-79-28-6-5-26-77(79)78-27-7-8-29-80(78)85(81)56-67/h3-58H,1-2H3. The molecule has 0 amide bonds. The predicted molar refractivity (Wildman–Crippen MR) is 423 cm³/mol. The average Bonchev–Trinajstić information content (AvgIpc) is 1.41. The number of thiophene rings is 1. The molecule has 0 fully saturated rings. The van der Waals surface area contributed by atoms with Gasteiger partial charge in [-0.1, -0.05) is 250 Å². The molecule has 2 aromatic heterocycles. The van der Waals surface area contributed by atoms with Crippen LogP contribution >= 0.6 is 11.3 Å². The minimum atomic E-state index is -0.265. The van der Waals surface area contributed by atoms with E-state index in [0.29, 0.717) is 0 Å². The Morgan fingerprint density at radius 1 is 0.242 bits per heavy atom. The molecule has 0 spiro atoms. The number of hydrogen-bond donors (Lipinski definition) is 0. The summed E-state index contributed by atoms with van der Waals surface area (Å²) in [5, 5.41) is 17.2. The number of para-hydroxylation sites is 1. The minimum absolute atomic E-state index is 0.265. The van der Waals surface area contributed by atoms with Gasteiger partial charge in [-0.15, -0.1) is 11.3 Å². The van der Waals surface area contributed by atoms with Crippen LogP contribution < -0.4 is 9.80 Å². The first-order valence-electron chi connectivity index (χ1n) is 34.2. The van der Waals surface area contributed by atoms with Crippen molar-refractivity contribution >= 4 is 141 Å². The lowest BCUT2D eigenvalue weighted by Gasteiger charge is -2.27. The van der Waals surface area contributed by atoms with Crippen molar-refractivity contribution in [2.24, 2.45) is 0 Å². The fraction of sp³-hybridized carbons (Fsp3) is 0.0316. The third-order valence-electron chi connectivity index (χ3n) is 21.2. The highest BCUT2D eigenvalue weighted by molar-refractivity contribution is 7.25. The second kappa shape index (κ2) is 22.4. The van der Waals surface area contributed by atoms with Gasteiger partial charge in [0.2, 0.25) is 0 Å². The zero-order chi connectivity index (χ0) is 65.5. The molecule has 0 saturated carbocycles. The molecule has 99 heavy (non-hydrogen) atoms. The molecule has 1 aliphatic carbocycles. The van der Waals surface area contributed by atoms with Gasteiger partial charge < -0.3 is 14.2 Å². The van der Waals surface area contributed by atoms with Gasteiger partial charge in [0, 0.05) is 70.5 Å². The summed E-state index contributed by atoms with van der Waals surface area (Å²) in [7, 11) is 0. The first-order chi connectivity index (χ1) is 48.8. The summed E-state index contributed by atoms with van der Waals surface area (Å²) in [6.45, 7) is 4.81. The third kappa shape index (κ3) is 9.10. The summed E-state index contributed by atoms with van der Waals surface area (Å²) in [4.78, 5) is 4.86. The van der Waals surface area contributed by atoms with Gasteiger partial charge in [-0.2, -0.15) is 0 Å². The molecule has 2 heterocycles. The van der Waals surface area contributed by atoms with Crippen molar-refractivity contribution in [3.8, 4) is 55.6 Å². The summed E-state index contributed by atoms with van der Waals surface area (Å²) < 4.78 is 8.96. The molecule has 0 saturated heterocycles. The summed E-state index contributed by atoms with van der Waals surface area (Å²) in [6.07, 6.45) is 0. The molecular formula is C95H62N2OS. The van der Waals surface area contributed by atoms with Gasteiger partial charge in [0.25, 0.3) is 0 Å². The first kappa shape index (κ1) is 57.0. The average molecular weight is 1280 g/mol. The Morgan fingerprint density at radius 2 is 0.677 bits per heavy atom. The Hall–Kier alpha value is -12.3. The highest BCUT2D eigenvalue weighted by atomic mass is 32.1. The Morgan fingerprint density at radius 3 is 1.38 bits per heavy atom. The zero-order valence-corrected chi connectivity index (χ0v) is 55.4. The fourth-order valence-electron chi connectivity index (χ4n) is 16.6. The van der Waals surface area contributed by atoms with Crippen LogP contribution in [0.3, 0.4) is 0 Å². The van der Waals surface area contributed by atoms with E-state index in [1.807, 2.05) is 17.4 Å². The van der Waals surface area contributed by atoms with Crippen molar-refractivity contribution in [1.82, 2.24) is 0 Å². The number of hydrogen-bond acceptors (Lipinski definition) is 4. The van der Waals surface area contributed by atoms with E-state index >= 15 is 0 Å². The quantitative estimate of drug-likeness (QED) is 0.127. The van der Waals surface area contributed by atoms with E-state index < -0.39 is 0 Å². The van der Waals surface area contributed by atoms with Gasteiger partial charge >= 0.3 is 0 Å². The lowest BCUT2D eigenvalue weighted by Crippen LogP contribution is -2.16. The second-order valence-electron chi connectivity index (χ2n) is 27.0. The van der Waals surface area contributed by atoms with Crippen LogP contribution in [0, 0.1) is 0 Å². The maximum absolute atomic E-state index is 6.37. The van der Waals surface area contributed by atoms with Crippen molar-refractivity contribution < 1.29 is 4.42 Å². The molecule has 0 unspecified atom stereocenters. The van der Waals surface area contributed by atoms with E-state index in [1.54, 1.807) is 0 Å². The van der Waals surface area contributed by atoms with Gasteiger partial charge in [-0.3, -0.25) is 0 Å². The number of nitrogens with zero attached hydrogens (tertiary/aromatic N) is 2. The molecule has 20 rings (SSSR count). The third-order valence-corrected chi connectivity index (χ3v) is 22.3. The van der Waals surface area contributed by atoms with Gasteiger partial charge in [-0.25, -0.2) is 0 Å². The highest BCUT2D eigenvalue weighted by Crippen LogP contribution is 2.54. The van der Waals surface area contributed by atoms with Crippen molar-refractivity contribution in [3.63, 3.8) is 0 Å². The monoisotopic (exact) mass is 1280 g/mol. The summed E-state index contributed by atoms with van der Waals surface area (Å²) in [5.41, 5.74) is 22.9. The van der Waals surface area contributed by atoms with Crippen LogP contribution in [0.15, 0.2) is 344 Å². The van der Waals surface area contributed by atoms with Crippen LogP contribution in [0.25, 0.3) is 152 Å². The second-order valence-corrected chi connectivity index (χ2v) is 28.1. The number of fused-ring (bicyclic) bond motifs is 17. The number of rotatable bonds is 10. The molecule has 3 nitrogen and oxygen atoms in total. The van der Waals surface area contributed by atoms with Gasteiger partial charge in [0.1, 0.15) is 11.2 Å². The van der Waals surface area contributed by atoms with Crippen LogP contribution in [-0.4, -0.2) is 0 Å². The van der Waals surface area contributed by atoms with E-state index in [4.69, 9.17) is 4.42 Å². The number of furan rings is 1. The number of anilines is 6. The van der Waals surface area contributed by atoms with Crippen LogP contribution in [0.2, 0.25) is 0 Å². The summed E-state index contributed by atoms with van der Waals surface area (Å²) in [6, 6.07) is 126. The lowest BCUT2D eigenvalue weighted by atomic mass is 9.78. The van der Waals surface area contributed by atoms with Crippen molar-refractivity contribution in [2.75, 3.05) is 9.80 Å². The maximum atomic E-state index is 6.37. The van der Waals surface area contributed by atoms with Crippen molar-refractivity contribution in [2.45, 2.75) is 19.3 Å². The Kier molecular flexibility index (Phi) is 12.9. The maximum Gasteiger partial charge on any atom is 0.135 e. The van der Waals surface area contributed by atoms with Crippen LogP contribution in [0.5, 0.6) is 0 Å². The molecule has 464 valence electrons. The fourth-order valence-corrected chi connectivity index (χ4v) is 17.7. The number of benzene rings is 17. The molecule has 0 atom stereocenters. The van der Waals surface area contributed by atoms with Gasteiger partial charge in [0.15, 0.2) is 0 Å². The van der Waals surface area contributed by atoms with Crippen molar-refractivity contribution in [1.29, 1.82) is 0 Å². The molecule has 0 N–H and O–H groups in total. The molecule has 19 aromatic rings. The smallest absolute Gasteiger partial charge is 0.135 e. The van der Waals surface area contributed by atoms with Crippen LogP contribution in [-0.2, 0) is 5.41 Å². The van der Waals surface area contributed by atoms with E-state index in [9.17, 15) is 0 Å². The Labute approximate surface area is 577 Å². The SMILES string of the molecule is CC1(C)c2ccc(-c3cccc4c(-c5cccc(N(c6ccc7sc8ccccc8c7c6)c6ccc7c8ccccc8c8ccccc8c7c6)c5)cccc34)cc2-c2cccc(-c3ccc(N(c4cccc(-c5cccc6ccccc56)c4)c4ccc5oc6ccccc6c5c4)cc3)c21. The minimum Gasteiger partial charge on any atom is -0.456 e. The van der Waals surface area contributed by atoms with E-state index in [2.05, 4.69) is 357 Å². The normalized spacial score (nSPS) is 12.6. The van der Waals surface area contributed by atoms with Crippen LogP contribution in [0.4, 0.5) is 34.1 Å². The first-order valence-corrected chi connectivity index (χ1v) is 35.0. The molecule has 4 heteroatoms. The molecule has 1 aliphatic rings. The van der Waals surface area contributed by atoms with Gasteiger partial charge in [0.05, 0.1) is 0 Å². The summed E-state index contributed by atoms with van der Waals surface area (Å²) in [5.74, 6) is 0. The zero-order valence-electron chi connectivity index (χ0n) is 54.5. The van der Waals surface area contributed by atoms with E-state index in [1.165, 1.54) is 135 Å². The topological polar surface area (TPSA) is 19.6 Å². The largest absolute Gasteiger partial charge is 0.456 e. The molecule has 17 aromatic carbocycles. The molecule has 0 aliphatic heterocycles. The lowest BCUT2D eigenvalue weighted by molar-refractivity contribution is 0.662.